The topological polar surface area (TPSA) is 40.5 Å². The van der Waals surface area contributed by atoms with Gasteiger partial charge in [0.2, 0.25) is 0 Å². The third-order valence-electron chi connectivity index (χ3n) is 4.44. The molecule has 0 saturated carbocycles. The predicted octanol–water partition coefficient (Wildman–Crippen LogP) is 4.20. The van der Waals surface area contributed by atoms with Gasteiger partial charge in [-0.3, -0.25) is 4.79 Å². The molecule has 0 spiro atoms. The van der Waals surface area contributed by atoms with Gasteiger partial charge in [-0.1, -0.05) is 42.3 Å². The number of piperidine rings is 1. The van der Waals surface area contributed by atoms with Crippen LogP contribution in [0.3, 0.4) is 0 Å². The maximum absolute atomic E-state index is 11.2. The van der Waals surface area contributed by atoms with Gasteiger partial charge in [-0.15, -0.1) is 0 Å². The van der Waals surface area contributed by atoms with Crippen molar-refractivity contribution in [2.75, 3.05) is 19.6 Å². The summed E-state index contributed by atoms with van der Waals surface area (Å²) in [5, 5.41) is 9.18. The van der Waals surface area contributed by atoms with E-state index in [-0.39, 0.29) is 6.42 Å². The fourth-order valence-corrected chi connectivity index (χ4v) is 3.19. The first-order chi connectivity index (χ1) is 10.7. The lowest BCUT2D eigenvalue weighted by Crippen LogP contribution is -2.30. The van der Waals surface area contributed by atoms with E-state index >= 15 is 0 Å². The molecule has 1 fully saturated rings. The van der Waals surface area contributed by atoms with Gasteiger partial charge in [-0.05, 0) is 63.4 Å². The van der Waals surface area contributed by atoms with Gasteiger partial charge < -0.3 is 10.0 Å². The van der Waals surface area contributed by atoms with Crippen molar-refractivity contribution in [3.8, 4) is 0 Å². The molecule has 1 N–H and O–H groups in total. The molecule has 0 amide bonds. The molecule has 3 heteroatoms. The fourth-order valence-electron chi connectivity index (χ4n) is 3.19. The summed E-state index contributed by atoms with van der Waals surface area (Å²) < 4.78 is 0. The number of likely N-dealkylation sites (tertiary alicyclic amines) is 1. The molecular formula is C19H27NO2. The predicted molar refractivity (Wildman–Crippen MR) is 90.8 cm³/mol. The molecule has 1 aromatic carbocycles. The molecule has 1 saturated heterocycles. The van der Waals surface area contributed by atoms with Crippen LogP contribution in [-0.4, -0.2) is 35.6 Å². The summed E-state index contributed by atoms with van der Waals surface area (Å²) in [6.07, 6.45) is 6.22. The standard InChI is InChI=1S/C19H27NO2/c1-16(9-8-14-20-12-6-3-7-13-20)18(15-19(21)22)17-10-4-2-5-11-17/h2,4-5,10-11H,3,6-9,12-15H2,1H3,(H,21,22). The zero-order valence-electron chi connectivity index (χ0n) is 13.6. The Balaban J connectivity index is 1.97. The molecule has 0 aliphatic carbocycles. The van der Waals surface area contributed by atoms with Gasteiger partial charge in [0.1, 0.15) is 0 Å². The third-order valence-corrected chi connectivity index (χ3v) is 4.44. The highest BCUT2D eigenvalue weighted by atomic mass is 16.4. The Morgan fingerprint density at radius 2 is 1.82 bits per heavy atom. The molecule has 1 heterocycles. The van der Waals surface area contributed by atoms with E-state index < -0.39 is 5.97 Å². The third kappa shape index (κ3) is 5.30. The summed E-state index contributed by atoms with van der Waals surface area (Å²) in [4.78, 5) is 13.7. The molecule has 1 aliphatic heterocycles. The van der Waals surface area contributed by atoms with E-state index in [0.717, 1.165) is 30.5 Å². The Hall–Kier alpha value is -1.61. The highest BCUT2D eigenvalue weighted by molar-refractivity contribution is 5.85. The Morgan fingerprint density at radius 3 is 2.45 bits per heavy atom. The summed E-state index contributed by atoms with van der Waals surface area (Å²) in [7, 11) is 0. The Kier molecular flexibility index (Phi) is 6.66. The second-order valence-corrected chi connectivity index (χ2v) is 6.20. The van der Waals surface area contributed by atoms with E-state index in [1.807, 2.05) is 30.3 Å². The first-order valence-electron chi connectivity index (χ1n) is 8.35. The van der Waals surface area contributed by atoms with Gasteiger partial charge in [0.05, 0.1) is 6.42 Å². The first-order valence-corrected chi connectivity index (χ1v) is 8.35. The molecule has 0 bridgehead atoms. The molecule has 0 radical (unpaired) electrons. The van der Waals surface area contributed by atoms with Crippen molar-refractivity contribution in [3.05, 3.63) is 41.5 Å². The quantitative estimate of drug-likeness (QED) is 0.820. The fraction of sp³-hybridized carbons (Fsp3) is 0.526. The lowest BCUT2D eigenvalue weighted by Gasteiger charge is -2.26. The zero-order chi connectivity index (χ0) is 15.8. The van der Waals surface area contributed by atoms with E-state index in [2.05, 4.69) is 11.8 Å². The number of carboxylic acid groups (broad SMARTS) is 1. The normalized spacial score (nSPS) is 17.1. The minimum Gasteiger partial charge on any atom is -0.481 e. The number of hydrogen-bond donors (Lipinski definition) is 1. The average Bonchev–Trinajstić information content (AvgIpc) is 2.54. The Morgan fingerprint density at radius 1 is 1.14 bits per heavy atom. The van der Waals surface area contributed by atoms with Crippen LogP contribution in [0.5, 0.6) is 0 Å². The van der Waals surface area contributed by atoms with Gasteiger partial charge in [-0.25, -0.2) is 0 Å². The van der Waals surface area contributed by atoms with Gasteiger partial charge in [0, 0.05) is 0 Å². The summed E-state index contributed by atoms with van der Waals surface area (Å²) >= 11 is 0. The van der Waals surface area contributed by atoms with Gasteiger partial charge in [-0.2, -0.15) is 0 Å². The van der Waals surface area contributed by atoms with Crippen LogP contribution in [-0.2, 0) is 4.79 Å². The average molecular weight is 301 g/mol. The second-order valence-electron chi connectivity index (χ2n) is 6.20. The van der Waals surface area contributed by atoms with E-state index in [1.165, 1.54) is 37.9 Å². The smallest absolute Gasteiger partial charge is 0.307 e. The molecular weight excluding hydrogens is 274 g/mol. The molecule has 0 aromatic heterocycles. The highest BCUT2D eigenvalue weighted by Crippen LogP contribution is 2.25. The van der Waals surface area contributed by atoms with Crippen LogP contribution in [0.25, 0.3) is 5.57 Å². The molecule has 120 valence electrons. The van der Waals surface area contributed by atoms with Crippen molar-refractivity contribution in [3.63, 3.8) is 0 Å². The molecule has 3 nitrogen and oxygen atoms in total. The number of carbonyl (C=O) groups is 1. The monoisotopic (exact) mass is 301 g/mol. The Bertz CT molecular complexity index is 501. The van der Waals surface area contributed by atoms with Crippen LogP contribution in [0.4, 0.5) is 0 Å². The number of rotatable bonds is 7. The lowest BCUT2D eigenvalue weighted by atomic mass is 9.95. The van der Waals surface area contributed by atoms with Gasteiger partial charge in [0.25, 0.3) is 0 Å². The molecule has 1 aromatic rings. The molecule has 0 atom stereocenters. The molecule has 2 rings (SSSR count). The van der Waals surface area contributed by atoms with Crippen molar-refractivity contribution >= 4 is 11.5 Å². The number of benzene rings is 1. The second kappa shape index (κ2) is 8.74. The molecule has 1 aliphatic rings. The lowest BCUT2D eigenvalue weighted by molar-refractivity contribution is -0.135. The van der Waals surface area contributed by atoms with E-state index in [9.17, 15) is 9.90 Å². The van der Waals surface area contributed by atoms with Crippen LogP contribution in [0.15, 0.2) is 35.9 Å². The molecule has 22 heavy (non-hydrogen) atoms. The summed E-state index contributed by atoms with van der Waals surface area (Å²) in [5.74, 6) is -0.755. The van der Waals surface area contributed by atoms with E-state index in [0.29, 0.717) is 0 Å². The Labute approximate surface area is 133 Å². The summed E-state index contributed by atoms with van der Waals surface area (Å²) in [5.41, 5.74) is 3.23. The number of allylic oxidation sites excluding steroid dienone is 1. The van der Waals surface area contributed by atoms with Crippen molar-refractivity contribution < 1.29 is 9.90 Å². The van der Waals surface area contributed by atoms with Crippen molar-refractivity contribution in [1.82, 2.24) is 4.90 Å². The van der Waals surface area contributed by atoms with Crippen LogP contribution in [0, 0.1) is 0 Å². The minimum atomic E-state index is -0.755. The first kappa shape index (κ1) is 16.8. The van der Waals surface area contributed by atoms with Crippen LogP contribution in [0.1, 0.15) is 51.0 Å². The maximum atomic E-state index is 11.2. The van der Waals surface area contributed by atoms with Crippen molar-refractivity contribution in [2.45, 2.75) is 45.4 Å². The largest absolute Gasteiger partial charge is 0.481 e. The number of carboxylic acids is 1. The van der Waals surface area contributed by atoms with Crippen molar-refractivity contribution in [1.29, 1.82) is 0 Å². The van der Waals surface area contributed by atoms with E-state index in [1.54, 1.807) is 0 Å². The van der Waals surface area contributed by atoms with E-state index in [4.69, 9.17) is 0 Å². The van der Waals surface area contributed by atoms with Crippen LogP contribution >= 0.6 is 0 Å². The number of hydrogen-bond acceptors (Lipinski definition) is 2. The molecule has 0 unspecified atom stereocenters. The SMILES string of the molecule is CC(CCCN1CCCCC1)=C(CC(=O)O)c1ccccc1. The highest BCUT2D eigenvalue weighted by Gasteiger charge is 2.12. The zero-order valence-corrected chi connectivity index (χ0v) is 13.6. The number of aliphatic carboxylic acids is 1. The van der Waals surface area contributed by atoms with Gasteiger partial charge in [0.15, 0.2) is 0 Å². The minimum absolute atomic E-state index is 0.111. The summed E-state index contributed by atoms with van der Waals surface area (Å²) in [6, 6.07) is 9.92. The number of nitrogens with zero attached hydrogens (tertiary/aromatic N) is 1. The van der Waals surface area contributed by atoms with Crippen molar-refractivity contribution in [2.24, 2.45) is 0 Å². The summed E-state index contributed by atoms with van der Waals surface area (Å²) in [6.45, 7) is 5.67. The van der Waals surface area contributed by atoms with Gasteiger partial charge >= 0.3 is 5.97 Å². The van der Waals surface area contributed by atoms with Crippen LogP contribution in [0.2, 0.25) is 0 Å². The maximum Gasteiger partial charge on any atom is 0.307 e. The van der Waals surface area contributed by atoms with Crippen LogP contribution < -0.4 is 0 Å².